The van der Waals surface area contributed by atoms with Crippen molar-refractivity contribution >= 4 is 0 Å². The Labute approximate surface area is 192 Å². The van der Waals surface area contributed by atoms with E-state index in [1.807, 2.05) is 0 Å². The number of aliphatic hydroxyl groups is 2. The first-order valence-electron chi connectivity index (χ1n) is 13.7. The number of rotatable bonds is 6. The minimum absolute atomic E-state index is 0.208. The lowest BCUT2D eigenvalue weighted by atomic mass is 9.45. The van der Waals surface area contributed by atoms with Crippen molar-refractivity contribution in [2.75, 3.05) is 0 Å². The number of fused-ring (bicyclic) bond motifs is 5. The fourth-order valence-corrected chi connectivity index (χ4v) is 9.34. The summed E-state index contributed by atoms with van der Waals surface area (Å²) >= 11 is 0. The molecule has 3 fully saturated rings. The van der Waals surface area contributed by atoms with Crippen molar-refractivity contribution in [1.29, 1.82) is 0 Å². The summed E-state index contributed by atoms with van der Waals surface area (Å²) in [7, 11) is 0. The molecule has 0 aliphatic heterocycles. The lowest BCUT2D eigenvalue weighted by molar-refractivity contribution is -0.115. The minimum atomic E-state index is -0.296. The average molecular weight is 431 g/mol. The van der Waals surface area contributed by atoms with Crippen LogP contribution in [0, 0.1) is 52.3 Å². The second kappa shape index (κ2) is 8.79. The van der Waals surface area contributed by atoms with Crippen LogP contribution in [0.4, 0.5) is 0 Å². The summed E-state index contributed by atoms with van der Waals surface area (Å²) in [6.07, 6.45) is 13.8. The van der Waals surface area contributed by atoms with Crippen molar-refractivity contribution in [2.45, 2.75) is 118 Å². The van der Waals surface area contributed by atoms with Crippen molar-refractivity contribution in [2.24, 2.45) is 52.3 Å². The van der Waals surface area contributed by atoms with E-state index in [2.05, 4.69) is 47.6 Å². The van der Waals surface area contributed by atoms with Crippen LogP contribution in [0.2, 0.25) is 0 Å². The SMILES string of the molecule is CC[C@H](CC[C@@H](C)[C@H]1CC[C@H]2[C@@H]3[C@H](O)CC4=C[C@@H](O)CC[C@]4(C)[C@H]3CC[C@]12C)C(C)C. The first kappa shape index (κ1) is 23.8. The lowest BCUT2D eigenvalue weighted by Gasteiger charge is -2.60. The Bertz CT molecular complexity index is 668. The van der Waals surface area contributed by atoms with Crippen molar-refractivity contribution in [3.63, 3.8) is 0 Å². The fourth-order valence-electron chi connectivity index (χ4n) is 9.34. The molecule has 0 radical (unpaired) electrons. The molecule has 0 heterocycles. The van der Waals surface area contributed by atoms with Crippen LogP contribution in [0.25, 0.3) is 0 Å². The van der Waals surface area contributed by atoms with Crippen LogP contribution in [-0.2, 0) is 0 Å². The zero-order valence-corrected chi connectivity index (χ0v) is 21.2. The molecule has 4 rings (SSSR count). The summed E-state index contributed by atoms with van der Waals surface area (Å²) in [5, 5.41) is 21.6. The number of hydrogen-bond donors (Lipinski definition) is 2. The third-order valence-corrected chi connectivity index (χ3v) is 11.3. The van der Waals surface area contributed by atoms with Crippen LogP contribution in [0.1, 0.15) is 106 Å². The Balaban J connectivity index is 1.51. The highest BCUT2D eigenvalue weighted by molar-refractivity contribution is 5.27. The van der Waals surface area contributed by atoms with E-state index in [0.29, 0.717) is 23.2 Å². The topological polar surface area (TPSA) is 40.5 Å². The second-order valence-corrected chi connectivity index (χ2v) is 13.0. The van der Waals surface area contributed by atoms with Gasteiger partial charge in [-0.05, 0) is 104 Å². The Kier molecular flexibility index (Phi) is 6.75. The van der Waals surface area contributed by atoms with Gasteiger partial charge in [-0.3, -0.25) is 0 Å². The minimum Gasteiger partial charge on any atom is -0.392 e. The van der Waals surface area contributed by atoms with Gasteiger partial charge in [0.1, 0.15) is 0 Å². The predicted octanol–water partition coefficient (Wildman–Crippen LogP) is 7.00. The number of hydrogen-bond acceptors (Lipinski definition) is 2. The molecule has 0 bridgehead atoms. The van der Waals surface area contributed by atoms with Crippen LogP contribution in [0.15, 0.2) is 11.6 Å². The standard InChI is InChI=1S/C29H50O2/c1-7-20(18(2)3)9-8-19(4)23-10-11-24-27-25(13-15-29(23,24)6)28(5)14-12-22(30)16-21(28)17-26(27)31/h16,18-20,22-27,30-31H,7-15,17H2,1-6H3/t19-,20-,22+,23-,24+,25+,26-,27+,28+,29-/m1/s1. The third-order valence-electron chi connectivity index (χ3n) is 11.3. The Hall–Kier alpha value is -0.340. The van der Waals surface area contributed by atoms with E-state index in [-0.39, 0.29) is 17.6 Å². The molecule has 10 atom stereocenters. The van der Waals surface area contributed by atoms with Crippen molar-refractivity contribution in [3.8, 4) is 0 Å². The summed E-state index contributed by atoms with van der Waals surface area (Å²) in [5.41, 5.74) is 1.98. The predicted molar refractivity (Wildman–Crippen MR) is 130 cm³/mol. The van der Waals surface area contributed by atoms with Crippen LogP contribution < -0.4 is 0 Å². The first-order valence-corrected chi connectivity index (χ1v) is 13.7. The van der Waals surface area contributed by atoms with Crippen LogP contribution in [0.5, 0.6) is 0 Å². The van der Waals surface area contributed by atoms with Gasteiger partial charge in [-0.2, -0.15) is 0 Å². The van der Waals surface area contributed by atoms with Gasteiger partial charge >= 0.3 is 0 Å². The lowest BCUT2D eigenvalue weighted by Crippen LogP contribution is -2.55. The average Bonchev–Trinajstić information content (AvgIpc) is 3.06. The van der Waals surface area contributed by atoms with Gasteiger partial charge in [0, 0.05) is 0 Å². The fraction of sp³-hybridized carbons (Fsp3) is 0.931. The normalized spacial score (nSPS) is 46.7. The molecule has 2 N–H and O–H groups in total. The summed E-state index contributed by atoms with van der Waals surface area (Å²) < 4.78 is 0. The van der Waals surface area contributed by atoms with Crippen LogP contribution in [-0.4, -0.2) is 22.4 Å². The van der Waals surface area contributed by atoms with Gasteiger partial charge in [0.05, 0.1) is 12.2 Å². The maximum Gasteiger partial charge on any atom is 0.0724 e. The highest BCUT2D eigenvalue weighted by Crippen LogP contribution is 2.67. The molecule has 0 aromatic rings. The van der Waals surface area contributed by atoms with E-state index in [9.17, 15) is 10.2 Å². The van der Waals surface area contributed by atoms with E-state index < -0.39 is 0 Å². The molecule has 0 unspecified atom stereocenters. The molecule has 0 spiro atoms. The molecule has 0 aromatic carbocycles. The molecule has 2 heteroatoms. The summed E-state index contributed by atoms with van der Waals surface area (Å²) in [5.74, 6) is 5.05. The van der Waals surface area contributed by atoms with E-state index in [4.69, 9.17) is 0 Å². The second-order valence-electron chi connectivity index (χ2n) is 13.0. The van der Waals surface area contributed by atoms with Crippen LogP contribution in [0.3, 0.4) is 0 Å². The molecule has 2 nitrogen and oxygen atoms in total. The zero-order valence-electron chi connectivity index (χ0n) is 21.2. The quantitative estimate of drug-likeness (QED) is 0.446. The summed E-state index contributed by atoms with van der Waals surface area (Å²) in [4.78, 5) is 0. The molecule has 0 saturated heterocycles. The summed E-state index contributed by atoms with van der Waals surface area (Å²) in [6.45, 7) is 14.8. The van der Waals surface area contributed by atoms with E-state index in [0.717, 1.165) is 42.9 Å². The van der Waals surface area contributed by atoms with Gasteiger partial charge in [-0.25, -0.2) is 0 Å². The smallest absolute Gasteiger partial charge is 0.0724 e. The van der Waals surface area contributed by atoms with Gasteiger partial charge in [0.15, 0.2) is 0 Å². The van der Waals surface area contributed by atoms with Gasteiger partial charge in [-0.1, -0.05) is 66.0 Å². The van der Waals surface area contributed by atoms with E-state index in [1.54, 1.807) is 0 Å². The molecule has 31 heavy (non-hydrogen) atoms. The van der Waals surface area contributed by atoms with Gasteiger partial charge in [-0.15, -0.1) is 0 Å². The first-order chi connectivity index (χ1) is 14.6. The maximum absolute atomic E-state index is 11.4. The van der Waals surface area contributed by atoms with E-state index in [1.165, 1.54) is 50.5 Å². The van der Waals surface area contributed by atoms with Gasteiger partial charge in [0.25, 0.3) is 0 Å². The largest absolute Gasteiger partial charge is 0.392 e. The highest BCUT2D eigenvalue weighted by Gasteiger charge is 2.61. The molecule has 0 aromatic heterocycles. The Morgan fingerprint density at radius 2 is 1.71 bits per heavy atom. The Morgan fingerprint density at radius 3 is 2.39 bits per heavy atom. The van der Waals surface area contributed by atoms with Gasteiger partial charge in [0.2, 0.25) is 0 Å². The third kappa shape index (κ3) is 3.96. The summed E-state index contributed by atoms with van der Waals surface area (Å²) in [6, 6.07) is 0. The molecule has 3 saturated carbocycles. The molecular formula is C29H50O2. The maximum atomic E-state index is 11.4. The van der Waals surface area contributed by atoms with E-state index >= 15 is 0 Å². The van der Waals surface area contributed by atoms with Crippen molar-refractivity contribution < 1.29 is 10.2 Å². The number of aliphatic hydroxyl groups excluding tert-OH is 2. The van der Waals surface area contributed by atoms with Crippen LogP contribution >= 0.6 is 0 Å². The monoisotopic (exact) mass is 430 g/mol. The van der Waals surface area contributed by atoms with Crippen molar-refractivity contribution in [3.05, 3.63) is 11.6 Å². The molecule has 0 amide bonds. The van der Waals surface area contributed by atoms with Gasteiger partial charge < -0.3 is 10.2 Å². The zero-order chi connectivity index (χ0) is 22.6. The molecule has 4 aliphatic rings. The molecule has 4 aliphatic carbocycles. The Morgan fingerprint density at radius 1 is 0.968 bits per heavy atom. The molecule has 178 valence electrons. The molecular weight excluding hydrogens is 380 g/mol. The van der Waals surface area contributed by atoms with Crippen molar-refractivity contribution in [1.82, 2.24) is 0 Å². The highest BCUT2D eigenvalue weighted by atomic mass is 16.3.